The van der Waals surface area contributed by atoms with Crippen molar-refractivity contribution in [3.05, 3.63) is 0 Å². The molecule has 1 saturated carbocycles. The van der Waals surface area contributed by atoms with Crippen LogP contribution in [0.4, 0.5) is 0 Å². The molecule has 18 heavy (non-hydrogen) atoms. The largest absolute Gasteiger partial charge is 0.356 e. The van der Waals surface area contributed by atoms with E-state index in [1.54, 1.807) is 0 Å². The zero-order valence-electron chi connectivity index (χ0n) is 11.6. The van der Waals surface area contributed by atoms with Crippen LogP contribution in [0.25, 0.3) is 0 Å². The second kappa shape index (κ2) is 6.76. The molecule has 2 N–H and O–H groups in total. The zero-order valence-corrected chi connectivity index (χ0v) is 12.4. The predicted octanol–water partition coefficient (Wildman–Crippen LogP) is 2.35. The van der Waals surface area contributed by atoms with Gasteiger partial charge < -0.3 is 10.6 Å². The summed E-state index contributed by atoms with van der Waals surface area (Å²) in [6.45, 7) is 7.58. The van der Waals surface area contributed by atoms with Crippen molar-refractivity contribution in [2.45, 2.75) is 46.0 Å². The molecule has 2 aliphatic rings. The van der Waals surface area contributed by atoms with Crippen LogP contribution < -0.4 is 10.6 Å². The van der Waals surface area contributed by atoms with Crippen LogP contribution in [0, 0.1) is 17.3 Å². The Kier molecular flexibility index (Phi) is 5.93. The Morgan fingerprint density at radius 2 is 2.22 bits per heavy atom. The van der Waals surface area contributed by atoms with Gasteiger partial charge in [0.1, 0.15) is 0 Å². The molecule has 2 fully saturated rings. The molecule has 1 aliphatic heterocycles. The fraction of sp³-hybridized carbons (Fsp3) is 0.929. The topological polar surface area (TPSA) is 41.1 Å². The van der Waals surface area contributed by atoms with E-state index >= 15 is 0 Å². The number of halogens is 1. The first-order valence-electron chi connectivity index (χ1n) is 7.06. The van der Waals surface area contributed by atoms with Gasteiger partial charge in [-0.15, -0.1) is 12.4 Å². The molecule has 2 atom stereocenters. The minimum absolute atomic E-state index is 0. The Labute approximate surface area is 117 Å². The highest BCUT2D eigenvalue weighted by Crippen LogP contribution is 2.44. The highest BCUT2D eigenvalue weighted by molar-refractivity contribution is 5.85. The molecule has 1 aliphatic carbocycles. The summed E-state index contributed by atoms with van der Waals surface area (Å²) in [4.78, 5) is 11.8. The molecule has 106 valence electrons. The van der Waals surface area contributed by atoms with Gasteiger partial charge in [-0.1, -0.05) is 13.8 Å². The Morgan fingerprint density at radius 3 is 2.78 bits per heavy atom. The van der Waals surface area contributed by atoms with Crippen LogP contribution in [0.5, 0.6) is 0 Å². The number of carbonyl (C=O) groups excluding carboxylic acids is 1. The van der Waals surface area contributed by atoms with Gasteiger partial charge >= 0.3 is 0 Å². The Hall–Kier alpha value is -0.280. The van der Waals surface area contributed by atoms with Gasteiger partial charge in [-0.2, -0.15) is 0 Å². The van der Waals surface area contributed by atoms with E-state index in [2.05, 4.69) is 24.5 Å². The number of rotatable bonds is 5. The molecule has 1 heterocycles. The van der Waals surface area contributed by atoms with Crippen molar-refractivity contribution in [3.63, 3.8) is 0 Å². The molecule has 1 saturated heterocycles. The fourth-order valence-corrected chi connectivity index (χ4v) is 2.60. The molecule has 4 heteroatoms. The van der Waals surface area contributed by atoms with Crippen molar-refractivity contribution in [3.8, 4) is 0 Å². The van der Waals surface area contributed by atoms with Crippen LogP contribution >= 0.6 is 12.4 Å². The van der Waals surface area contributed by atoms with E-state index in [1.807, 2.05) is 0 Å². The maximum Gasteiger partial charge on any atom is 0.220 e. The maximum atomic E-state index is 11.8. The number of piperidine rings is 1. The summed E-state index contributed by atoms with van der Waals surface area (Å²) in [5, 5.41) is 6.52. The highest BCUT2D eigenvalue weighted by atomic mass is 35.5. The molecule has 2 rings (SSSR count). The van der Waals surface area contributed by atoms with E-state index in [0.29, 0.717) is 23.7 Å². The maximum absolute atomic E-state index is 11.8. The van der Waals surface area contributed by atoms with E-state index in [0.717, 1.165) is 19.6 Å². The normalized spacial score (nSPS) is 26.9. The Bertz CT molecular complexity index is 273. The molecule has 3 nitrogen and oxygen atoms in total. The van der Waals surface area contributed by atoms with Crippen molar-refractivity contribution in [2.24, 2.45) is 17.3 Å². The Balaban J connectivity index is 0.00000162. The van der Waals surface area contributed by atoms with Crippen molar-refractivity contribution >= 4 is 18.3 Å². The van der Waals surface area contributed by atoms with Crippen LogP contribution in [-0.2, 0) is 4.79 Å². The summed E-state index contributed by atoms with van der Waals surface area (Å²) >= 11 is 0. The van der Waals surface area contributed by atoms with E-state index in [1.165, 1.54) is 25.7 Å². The van der Waals surface area contributed by atoms with E-state index in [9.17, 15) is 4.79 Å². The van der Waals surface area contributed by atoms with Crippen molar-refractivity contribution < 1.29 is 4.79 Å². The minimum atomic E-state index is 0. The van der Waals surface area contributed by atoms with Crippen LogP contribution in [0.15, 0.2) is 0 Å². The third-order valence-electron chi connectivity index (χ3n) is 4.46. The third-order valence-corrected chi connectivity index (χ3v) is 4.46. The number of hydrogen-bond donors (Lipinski definition) is 2. The number of carbonyl (C=O) groups is 1. The number of nitrogens with one attached hydrogen (secondary N) is 2. The molecule has 0 spiro atoms. The number of hydrogen-bond acceptors (Lipinski definition) is 2. The smallest absolute Gasteiger partial charge is 0.220 e. The quantitative estimate of drug-likeness (QED) is 0.808. The van der Waals surface area contributed by atoms with Gasteiger partial charge in [-0.3, -0.25) is 4.79 Å². The van der Waals surface area contributed by atoms with Crippen LogP contribution in [0.2, 0.25) is 0 Å². The Morgan fingerprint density at radius 1 is 1.50 bits per heavy atom. The standard InChI is InChI=1S/C14H26N2O.ClH/c1-11(12-4-3-7-15-9-12)8-13(17)16-10-14(2)5-6-14;/h11-12,15H,3-10H2,1-2H3,(H,16,17);1H. The summed E-state index contributed by atoms with van der Waals surface area (Å²) < 4.78 is 0. The molecule has 0 aromatic rings. The molecule has 1 amide bonds. The van der Waals surface area contributed by atoms with E-state index in [4.69, 9.17) is 0 Å². The van der Waals surface area contributed by atoms with Gasteiger partial charge in [0, 0.05) is 13.0 Å². The van der Waals surface area contributed by atoms with Gasteiger partial charge in [-0.25, -0.2) is 0 Å². The summed E-state index contributed by atoms with van der Waals surface area (Å²) in [6, 6.07) is 0. The van der Waals surface area contributed by atoms with Crippen molar-refractivity contribution in [2.75, 3.05) is 19.6 Å². The van der Waals surface area contributed by atoms with Crippen molar-refractivity contribution in [1.82, 2.24) is 10.6 Å². The van der Waals surface area contributed by atoms with Crippen LogP contribution in [0.3, 0.4) is 0 Å². The molecule has 0 aromatic carbocycles. The lowest BCUT2D eigenvalue weighted by Crippen LogP contribution is -2.36. The molecular formula is C14H27ClN2O. The second-order valence-electron chi connectivity index (χ2n) is 6.38. The van der Waals surface area contributed by atoms with Gasteiger partial charge in [0.2, 0.25) is 5.91 Å². The lowest BCUT2D eigenvalue weighted by atomic mass is 9.85. The minimum Gasteiger partial charge on any atom is -0.356 e. The van der Waals surface area contributed by atoms with Crippen LogP contribution in [0.1, 0.15) is 46.0 Å². The van der Waals surface area contributed by atoms with Crippen LogP contribution in [-0.4, -0.2) is 25.5 Å². The fourth-order valence-electron chi connectivity index (χ4n) is 2.60. The first-order chi connectivity index (χ1) is 8.09. The monoisotopic (exact) mass is 274 g/mol. The van der Waals surface area contributed by atoms with Gasteiger partial charge in [0.15, 0.2) is 0 Å². The molecule has 0 radical (unpaired) electrons. The molecular weight excluding hydrogens is 248 g/mol. The van der Waals surface area contributed by atoms with E-state index < -0.39 is 0 Å². The highest BCUT2D eigenvalue weighted by Gasteiger charge is 2.37. The summed E-state index contributed by atoms with van der Waals surface area (Å²) in [6.07, 6.45) is 5.78. The third kappa shape index (κ3) is 4.77. The average molecular weight is 275 g/mol. The van der Waals surface area contributed by atoms with E-state index in [-0.39, 0.29) is 18.3 Å². The first kappa shape index (κ1) is 15.8. The molecule has 0 bridgehead atoms. The lowest BCUT2D eigenvalue weighted by molar-refractivity contribution is -0.122. The lowest BCUT2D eigenvalue weighted by Gasteiger charge is -2.28. The molecule has 2 unspecified atom stereocenters. The summed E-state index contributed by atoms with van der Waals surface area (Å²) in [5.74, 6) is 1.44. The van der Waals surface area contributed by atoms with Crippen molar-refractivity contribution in [1.29, 1.82) is 0 Å². The second-order valence-corrected chi connectivity index (χ2v) is 6.38. The summed E-state index contributed by atoms with van der Waals surface area (Å²) in [5.41, 5.74) is 0.422. The first-order valence-corrected chi connectivity index (χ1v) is 7.06. The predicted molar refractivity (Wildman–Crippen MR) is 77.0 cm³/mol. The summed E-state index contributed by atoms with van der Waals surface area (Å²) in [7, 11) is 0. The SMILES string of the molecule is CC(CC(=O)NCC1(C)CC1)C1CCCNC1.Cl. The van der Waals surface area contributed by atoms with Gasteiger partial charge in [0.25, 0.3) is 0 Å². The zero-order chi connectivity index (χ0) is 12.3. The average Bonchev–Trinajstić information content (AvgIpc) is 3.07. The number of amides is 1. The van der Waals surface area contributed by atoms with Gasteiger partial charge in [-0.05, 0) is 56.0 Å². The molecule has 0 aromatic heterocycles. The van der Waals surface area contributed by atoms with Gasteiger partial charge in [0.05, 0.1) is 0 Å².